The number of hydrogen-bond acceptors (Lipinski definition) is 4. The normalized spacial score (nSPS) is 12.2. The van der Waals surface area contributed by atoms with Crippen LogP contribution in [-0.4, -0.2) is 35.1 Å². The number of rotatable bonds is 6. The van der Waals surface area contributed by atoms with Crippen molar-refractivity contribution in [1.29, 1.82) is 0 Å². The second-order valence-electron chi connectivity index (χ2n) is 6.15. The van der Waals surface area contributed by atoms with Crippen molar-refractivity contribution in [2.75, 3.05) is 22.4 Å². The third-order valence-electron chi connectivity index (χ3n) is 4.23. The van der Waals surface area contributed by atoms with E-state index < -0.39 is 0 Å². The van der Waals surface area contributed by atoms with E-state index in [0.29, 0.717) is 11.4 Å². The van der Waals surface area contributed by atoms with Crippen molar-refractivity contribution in [3.63, 3.8) is 0 Å². The molecule has 2 aromatic rings. The summed E-state index contributed by atoms with van der Waals surface area (Å²) in [4.78, 5) is 49.2. The van der Waals surface area contributed by atoms with Crippen molar-refractivity contribution in [2.45, 2.75) is 12.8 Å². The van der Waals surface area contributed by atoms with Gasteiger partial charge in [0.2, 0.25) is 11.8 Å². The number of carbonyl (C=O) groups is 4. The van der Waals surface area contributed by atoms with Gasteiger partial charge in [-0.2, -0.15) is 0 Å². The molecule has 8 heteroatoms. The van der Waals surface area contributed by atoms with Gasteiger partial charge in [0.1, 0.15) is 0 Å². The fourth-order valence-electron chi connectivity index (χ4n) is 2.92. The zero-order chi connectivity index (χ0) is 20.3. The molecule has 1 aliphatic rings. The minimum atomic E-state index is -0.355. The Morgan fingerprint density at radius 2 is 1.07 bits per heavy atom. The van der Waals surface area contributed by atoms with E-state index in [0.717, 1.165) is 0 Å². The van der Waals surface area contributed by atoms with E-state index in [2.05, 4.69) is 10.6 Å². The van der Waals surface area contributed by atoms with Crippen LogP contribution in [-0.2, 0) is 9.59 Å². The summed E-state index contributed by atoms with van der Waals surface area (Å²) in [5.41, 5.74) is 1.75. The molecule has 0 aromatic heterocycles. The molecule has 144 valence electrons. The lowest BCUT2D eigenvalue weighted by Crippen LogP contribution is -2.22. The number of anilines is 2. The molecule has 0 saturated carbocycles. The standard InChI is InChI=1S/C20H16Cl2N2O4/c21-7-5-17(25)23-11-1-3-13-15(9-11)20(28)16-10-12(24-18(26)6-8-22)2-4-14(16)19(13)27/h1-4,9-10H,5-8H2,(H,23,25)(H,24,26). The van der Waals surface area contributed by atoms with Crippen LogP contribution in [0.15, 0.2) is 36.4 Å². The molecule has 3 rings (SSSR count). The van der Waals surface area contributed by atoms with Crippen molar-refractivity contribution < 1.29 is 19.2 Å². The Kier molecular flexibility index (Phi) is 6.11. The fourth-order valence-corrected chi connectivity index (χ4v) is 3.27. The first-order valence-electron chi connectivity index (χ1n) is 8.53. The molecule has 2 N–H and O–H groups in total. The molecule has 0 radical (unpaired) electrons. The quantitative estimate of drug-likeness (QED) is 0.598. The zero-order valence-electron chi connectivity index (χ0n) is 14.7. The van der Waals surface area contributed by atoms with Gasteiger partial charge in [-0.25, -0.2) is 0 Å². The molecule has 6 nitrogen and oxygen atoms in total. The van der Waals surface area contributed by atoms with Crippen molar-refractivity contribution in [3.05, 3.63) is 58.7 Å². The average Bonchev–Trinajstić information content (AvgIpc) is 2.66. The van der Waals surface area contributed by atoms with Crippen molar-refractivity contribution in [3.8, 4) is 0 Å². The van der Waals surface area contributed by atoms with Gasteiger partial charge >= 0.3 is 0 Å². The number of halogens is 2. The molecule has 0 unspecified atom stereocenters. The van der Waals surface area contributed by atoms with Gasteiger partial charge in [0, 0.05) is 58.2 Å². The zero-order valence-corrected chi connectivity index (χ0v) is 16.2. The lowest BCUT2D eigenvalue weighted by atomic mass is 9.83. The van der Waals surface area contributed by atoms with Crippen LogP contribution in [0.4, 0.5) is 11.4 Å². The maximum absolute atomic E-state index is 13.0. The predicted molar refractivity (Wildman–Crippen MR) is 108 cm³/mol. The van der Waals surface area contributed by atoms with Crippen molar-refractivity contribution >= 4 is 58.0 Å². The van der Waals surface area contributed by atoms with Crippen LogP contribution in [0.3, 0.4) is 0 Å². The minimum absolute atomic E-state index is 0.139. The highest BCUT2D eigenvalue weighted by Crippen LogP contribution is 2.31. The molecule has 0 bridgehead atoms. The van der Waals surface area contributed by atoms with Crippen LogP contribution in [0.25, 0.3) is 0 Å². The summed E-state index contributed by atoms with van der Waals surface area (Å²) in [6, 6.07) is 9.13. The number of ketones is 2. The minimum Gasteiger partial charge on any atom is -0.326 e. The van der Waals surface area contributed by atoms with Gasteiger partial charge < -0.3 is 10.6 Å². The molecule has 0 saturated heterocycles. The number of carbonyl (C=O) groups excluding carboxylic acids is 4. The van der Waals surface area contributed by atoms with E-state index in [-0.39, 0.29) is 70.2 Å². The summed E-state index contributed by atoms with van der Waals surface area (Å²) in [6.45, 7) is 0. The Morgan fingerprint density at radius 1 is 0.679 bits per heavy atom. The van der Waals surface area contributed by atoms with Gasteiger partial charge in [-0.15, -0.1) is 23.2 Å². The molecule has 0 fully saturated rings. The van der Waals surface area contributed by atoms with E-state index >= 15 is 0 Å². The SMILES string of the molecule is O=C(CCCl)Nc1ccc2c(c1)C(=O)c1cc(NC(=O)CCCl)ccc1C2=O. The van der Waals surface area contributed by atoms with E-state index in [1.807, 2.05) is 0 Å². The predicted octanol–water partition coefficient (Wildman–Crippen LogP) is 3.60. The van der Waals surface area contributed by atoms with Gasteiger partial charge in [0.25, 0.3) is 0 Å². The van der Waals surface area contributed by atoms with Gasteiger partial charge in [0.15, 0.2) is 11.6 Å². The Hall–Kier alpha value is -2.70. The second kappa shape index (κ2) is 8.54. The van der Waals surface area contributed by atoms with Gasteiger partial charge in [-0.1, -0.05) is 0 Å². The first-order chi connectivity index (χ1) is 13.4. The summed E-state index contributed by atoms with van der Waals surface area (Å²) >= 11 is 11.1. The van der Waals surface area contributed by atoms with E-state index in [4.69, 9.17) is 23.2 Å². The molecular weight excluding hydrogens is 403 g/mol. The highest BCUT2D eigenvalue weighted by molar-refractivity contribution is 6.29. The fraction of sp³-hybridized carbons (Fsp3) is 0.200. The van der Waals surface area contributed by atoms with Crippen LogP contribution in [0, 0.1) is 0 Å². The maximum Gasteiger partial charge on any atom is 0.225 e. The average molecular weight is 419 g/mol. The van der Waals surface area contributed by atoms with Crippen LogP contribution in [0.1, 0.15) is 44.7 Å². The molecule has 0 heterocycles. The molecule has 28 heavy (non-hydrogen) atoms. The largest absolute Gasteiger partial charge is 0.326 e. The van der Waals surface area contributed by atoms with Gasteiger partial charge in [0.05, 0.1) is 0 Å². The second-order valence-corrected chi connectivity index (χ2v) is 6.91. The smallest absolute Gasteiger partial charge is 0.225 e. The summed E-state index contributed by atoms with van der Waals surface area (Å²) < 4.78 is 0. The van der Waals surface area contributed by atoms with E-state index in [9.17, 15) is 19.2 Å². The third-order valence-corrected chi connectivity index (χ3v) is 4.61. The summed E-state index contributed by atoms with van der Waals surface area (Å²) in [7, 11) is 0. The molecule has 0 spiro atoms. The Labute approximate surface area is 171 Å². The number of hydrogen-bond donors (Lipinski definition) is 2. The summed E-state index contributed by atoms with van der Waals surface area (Å²) in [5, 5.41) is 5.29. The molecule has 0 aliphatic heterocycles. The number of nitrogens with one attached hydrogen (secondary N) is 2. The van der Waals surface area contributed by atoms with Crippen molar-refractivity contribution in [1.82, 2.24) is 0 Å². The molecular formula is C20H16Cl2N2O4. The topological polar surface area (TPSA) is 92.3 Å². The van der Waals surface area contributed by atoms with E-state index in [1.165, 1.54) is 24.3 Å². The Bertz CT molecular complexity index is 913. The lowest BCUT2D eigenvalue weighted by molar-refractivity contribution is -0.116. The summed E-state index contributed by atoms with van der Waals surface area (Å²) in [6.07, 6.45) is 0.277. The molecule has 2 aromatic carbocycles. The number of alkyl halides is 2. The molecule has 0 atom stereocenters. The Balaban J connectivity index is 1.93. The van der Waals surface area contributed by atoms with Crippen LogP contribution >= 0.6 is 23.2 Å². The number of benzene rings is 2. The van der Waals surface area contributed by atoms with Gasteiger partial charge in [-0.05, 0) is 36.4 Å². The highest BCUT2D eigenvalue weighted by Gasteiger charge is 2.30. The van der Waals surface area contributed by atoms with Crippen LogP contribution in [0.5, 0.6) is 0 Å². The monoisotopic (exact) mass is 418 g/mol. The first-order valence-corrected chi connectivity index (χ1v) is 9.60. The molecule has 2 amide bonds. The van der Waals surface area contributed by atoms with Crippen LogP contribution < -0.4 is 10.6 Å². The first kappa shape index (κ1) is 20.0. The van der Waals surface area contributed by atoms with Gasteiger partial charge in [-0.3, -0.25) is 19.2 Å². The van der Waals surface area contributed by atoms with Crippen LogP contribution in [0.2, 0.25) is 0 Å². The van der Waals surface area contributed by atoms with Crippen molar-refractivity contribution in [2.24, 2.45) is 0 Å². The lowest BCUT2D eigenvalue weighted by Gasteiger charge is -2.19. The Morgan fingerprint density at radius 3 is 1.46 bits per heavy atom. The summed E-state index contributed by atoms with van der Waals surface area (Å²) in [5.74, 6) is -0.851. The maximum atomic E-state index is 13.0. The van der Waals surface area contributed by atoms with E-state index in [1.54, 1.807) is 12.1 Å². The molecule has 1 aliphatic carbocycles. The number of fused-ring (bicyclic) bond motifs is 2. The number of amides is 2. The highest BCUT2D eigenvalue weighted by atomic mass is 35.5. The third kappa shape index (κ3) is 4.08.